The predicted octanol–water partition coefficient (Wildman–Crippen LogP) is 9.33. The summed E-state index contributed by atoms with van der Waals surface area (Å²) in [4.78, 5) is 9.77. The molecule has 10 heteroatoms. The molecule has 0 saturated heterocycles. The van der Waals surface area contributed by atoms with Crippen molar-refractivity contribution in [2.24, 2.45) is 0 Å². The number of sulfone groups is 1. The maximum atomic E-state index is 15.3. The standard InChI is InChI=1S/C42H30F2N4O2S2/c1-52(49,50)40-22-21-39(51-40)41-34-23-28(18-20-37(34)45-27-46-41)35-26-48(47-38(35)24-29-17-19-33(43)25-36(29)44)42(30-11-5-2-6-12-30,31-13-7-3-8-14-31)32-15-9-4-10-16-32/h2-23,25-27H,24H2,1H3. The van der Waals surface area contributed by atoms with Crippen LogP contribution in [-0.4, -0.2) is 34.4 Å². The molecule has 0 aliphatic carbocycles. The summed E-state index contributed by atoms with van der Waals surface area (Å²) in [5, 5.41) is 6.02. The summed E-state index contributed by atoms with van der Waals surface area (Å²) >= 11 is 1.15. The van der Waals surface area contributed by atoms with Crippen LogP contribution in [0.15, 0.2) is 156 Å². The van der Waals surface area contributed by atoms with Crippen LogP contribution in [0, 0.1) is 11.6 Å². The van der Waals surface area contributed by atoms with E-state index in [0.717, 1.165) is 45.2 Å². The molecule has 0 bridgehead atoms. The van der Waals surface area contributed by atoms with Crippen molar-refractivity contribution in [2.75, 3.05) is 6.26 Å². The fourth-order valence-corrected chi connectivity index (χ4v) is 8.74. The van der Waals surface area contributed by atoms with Crippen molar-refractivity contribution in [1.29, 1.82) is 0 Å². The summed E-state index contributed by atoms with van der Waals surface area (Å²) < 4.78 is 56.2. The summed E-state index contributed by atoms with van der Waals surface area (Å²) in [5.74, 6) is -1.31. The molecule has 0 atom stereocenters. The van der Waals surface area contributed by atoms with Gasteiger partial charge in [-0.1, -0.05) is 103 Å². The first-order valence-electron chi connectivity index (χ1n) is 16.5. The van der Waals surface area contributed by atoms with Gasteiger partial charge in [0.1, 0.15) is 27.7 Å². The smallest absolute Gasteiger partial charge is 0.184 e. The van der Waals surface area contributed by atoms with Crippen molar-refractivity contribution >= 4 is 32.1 Å². The summed E-state index contributed by atoms with van der Waals surface area (Å²) in [5.41, 5.74) is 5.61. The molecule has 0 N–H and O–H groups in total. The minimum Gasteiger partial charge on any atom is -0.252 e. The molecule has 0 amide bonds. The second kappa shape index (κ2) is 13.4. The van der Waals surface area contributed by atoms with Crippen molar-refractivity contribution in [3.8, 4) is 21.7 Å². The molecule has 3 aromatic heterocycles. The highest BCUT2D eigenvalue weighted by atomic mass is 32.2. The molecule has 52 heavy (non-hydrogen) atoms. The number of hydrogen-bond acceptors (Lipinski definition) is 6. The Hall–Kier alpha value is -5.84. The van der Waals surface area contributed by atoms with E-state index in [2.05, 4.69) is 46.4 Å². The summed E-state index contributed by atoms with van der Waals surface area (Å²) in [7, 11) is -3.41. The molecular weight excluding hydrogens is 695 g/mol. The first-order valence-corrected chi connectivity index (χ1v) is 19.2. The minimum absolute atomic E-state index is 0.0850. The molecule has 0 saturated carbocycles. The molecule has 0 spiro atoms. The highest BCUT2D eigenvalue weighted by Gasteiger charge is 2.40. The van der Waals surface area contributed by atoms with Gasteiger partial charge in [-0.25, -0.2) is 27.2 Å². The number of fused-ring (bicyclic) bond motifs is 1. The molecule has 0 aliphatic heterocycles. The van der Waals surface area contributed by atoms with E-state index in [1.807, 2.05) is 83.7 Å². The third kappa shape index (κ3) is 5.99. The molecule has 256 valence electrons. The van der Waals surface area contributed by atoms with Crippen molar-refractivity contribution in [1.82, 2.24) is 19.7 Å². The first kappa shape index (κ1) is 33.3. The Bertz CT molecular complexity index is 2570. The maximum Gasteiger partial charge on any atom is 0.184 e. The first-order chi connectivity index (χ1) is 25.2. The molecule has 0 radical (unpaired) electrons. The summed E-state index contributed by atoms with van der Waals surface area (Å²) in [6.45, 7) is 0. The lowest BCUT2D eigenvalue weighted by atomic mass is 9.77. The van der Waals surface area contributed by atoms with E-state index < -0.39 is 27.0 Å². The normalized spacial score (nSPS) is 12.0. The van der Waals surface area contributed by atoms with E-state index in [1.165, 1.54) is 24.7 Å². The molecule has 5 aromatic carbocycles. The predicted molar refractivity (Wildman–Crippen MR) is 201 cm³/mol. The highest BCUT2D eigenvalue weighted by Crippen LogP contribution is 2.43. The quantitative estimate of drug-likeness (QED) is 0.139. The van der Waals surface area contributed by atoms with Crippen molar-refractivity contribution in [2.45, 2.75) is 16.2 Å². The van der Waals surface area contributed by atoms with E-state index in [9.17, 15) is 12.8 Å². The average Bonchev–Trinajstić information content (AvgIpc) is 3.83. The minimum atomic E-state index is -3.41. The summed E-state index contributed by atoms with van der Waals surface area (Å²) in [6.07, 6.45) is 4.72. The fourth-order valence-electron chi connectivity index (χ4n) is 6.80. The number of halogens is 2. The topological polar surface area (TPSA) is 77.7 Å². The monoisotopic (exact) mass is 724 g/mol. The van der Waals surface area contributed by atoms with Crippen LogP contribution >= 0.6 is 11.3 Å². The fraction of sp³-hybridized carbons (Fsp3) is 0.0714. The molecule has 8 rings (SSSR count). The van der Waals surface area contributed by atoms with Crippen LogP contribution in [-0.2, 0) is 21.8 Å². The number of benzene rings is 5. The average molecular weight is 725 g/mol. The molecule has 6 nitrogen and oxygen atoms in total. The second-order valence-corrected chi connectivity index (χ2v) is 15.8. The van der Waals surface area contributed by atoms with E-state index in [4.69, 9.17) is 5.10 Å². The number of nitrogens with zero attached hydrogens (tertiary/aromatic N) is 4. The zero-order valence-corrected chi connectivity index (χ0v) is 29.5. The SMILES string of the molecule is CS(=O)(=O)c1ccc(-c2ncnc3ccc(-c4cn(C(c5ccccc5)(c5ccccc5)c5ccccc5)nc4Cc4ccc(F)cc4F)cc23)s1. The van der Waals surface area contributed by atoms with Crippen LogP contribution in [0.5, 0.6) is 0 Å². The van der Waals surface area contributed by atoms with Gasteiger partial charge in [-0.05, 0) is 58.1 Å². The van der Waals surface area contributed by atoms with Crippen molar-refractivity contribution in [3.63, 3.8) is 0 Å². The van der Waals surface area contributed by atoms with Gasteiger partial charge in [0.2, 0.25) is 0 Å². The Balaban J connectivity index is 1.40. The van der Waals surface area contributed by atoms with E-state index in [0.29, 0.717) is 32.7 Å². The van der Waals surface area contributed by atoms with Crippen molar-refractivity contribution < 1.29 is 17.2 Å². The molecule has 0 fully saturated rings. The zero-order valence-electron chi connectivity index (χ0n) is 27.8. The Kier molecular flexibility index (Phi) is 8.57. The van der Waals surface area contributed by atoms with Gasteiger partial charge < -0.3 is 0 Å². The number of aromatic nitrogens is 4. The van der Waals surface area contributed by atoms with Crippen LogP contribution < -0.4 is 0 Å². The molecule has 8 aromatic rings. The number of hydrogen-bond donors (Lipinski definition) is 0. The largest absolute Gasteiger partial charge is 0.252 e. The van der Waals surface area contributed by atoms with Gasteiger partial charge in [0, 0.05) is 35.9 Å². The van der Waals surface area contributed by atoms with Gasteiger partial charge in [0.15, 0.2) is 9.84 Å². The summed E-state index contributed by atoms with van der Waals surface area (Å²) in [6, 6.07) is 43.1. The van der Waals surface area contributed by atoms with E-state index in [-0.39, 0.29) is 10.6 Å². The van der Waals surface area contributed by atoms with Crippen LogP contribution in [0.3, 0.4) is 0 Å². The number of rotatable bonds is 9. The van der Waals surface area contributed by atoms with Crippen LogP contribution in [0.2, 0.25) is 0 Å². The van der Waals surface area contributed by atoms with Gasteiger partial charge >= 0.3 is 0 Å². The van der Waals surface area contributed by atoms with Crippen LogP contribution in [0.1, 0.15) is 27.9 Å². The van der Waals surface area contributed by atoms with Gasteiger partial charge in [-0.3, -0.25) is 4.68 Å². The lowest BCUT2D eigenvalue weighted by Gasteiger charge is -2.36. The Morgan fingerprint density at radius 1 is 0.731 bits per heavy atom. The van der Waals surface area contributed by atoms with Gasteiger partial charge in [-0.2, -0.15) is 5.10 Å². The highest BCUT2D eigenvalue weighted by molar-refractivity contribution is 7.92. The third-order valence-electron chi connectivity index (χ3n) is 9.21. The molecule has 0 aliphatic rings. The lowest BCUT2D eigenvalue weighted by molar-refractivity contribution is 0.456. The zero-order chi connectivity index (χ0) is 35.9. The second-order valence-electron chi connectivity index (χ2n) is 12.5. The molecular formula is C42H30F2N4O2S2. The van der Waals surface area contributed by atoms with Gasteiger partial charge in [0.25, 0.3) is 0 Å². The Labute approximate surface area is 303 Å². The molecule has 3 heterocycles. The van der Waals surface area contributed by atoms with Crippen LogP contribution in [0.4, 0.5) is 8.78 Å². The number of thiophene rings is 1. The van der Waals surface area contributed by atoms with Crippen molar-refractivity contribution in [3.05, 3.63) is 192 Å². The Morgan fingerprint density at radius 2 is 1.37 bits per heavy atom. The Morgan fingerprint density at radius 3 is 1.94 bits per heavy atom. The molecule has 0 unspecified atom stereocenters. The lowest BCUT2D eigenvalue weighted by Crippen LogP contribution is -2.38. The van der Waals surface area contributed by atoms with Gasteiger partial charge in [0.05, 0.1) is 21.8 Å². The van der Waals surface area contributed by atoms with E-state index in [1.54, 1.807) is 12.1 Å². The van der Waals surface area contributed by atoms with E-state index >= 15 is 4.39 Å². The third-order valence-corrected chi connectivity index (χ3v) is 12.1. The maximum absolute atomic E-state index is 15.3. The van der Waals surface area contributed by atoms with Crippen LogP contribution in [0.25, 0.3) is 32.6 Å². The van der Waals surface area contributed by atoms with Gasteiger partial charge in [-0.15, -0.1) is 11.3 Å².